The van der Waals surface area contributed by atoms with E-state index in [2.05, 4.69) is 56.9 Å². The van der Waals surface area contributed by atoms with Crippen molar-refractivity contribution in [1.29, 1.82) is 0 Å². The number of amides is 1. The molecular weight excluding hydrogens is 378 g/mol. The zero-order valence-corrected chi connectivity index (χ0v) is 18.9. The molecule has 0 aliphatic carbocycles. The minimum atomic E-state index is 0.118. The summed E-state index contributed by atoms with van der Waals surface area (Å²) < 4.78 is 5.90. The van der Waals surface area contributed by atoms with E-state index in [4.69, 9.17) is 4.74 Å². The van der Waals surface area contributed by atoms with Gasteiger partial charge in [-0.3, -0.25) is 4.79 Å². The molecule has 1 aliphatic heterocycles. The van der Waals surface area contributed by atoms with E-state index in [-0.39, 0.29) is 16.7 Å². The normalized spacial score (nSPS) is 17.9. The zero-order chi connectivity index (χ0) is 20.9. The standard InChI is InChI=1S/C25H33NO2S/c1-19(17-25(2,3)4)16-23(27)26-14-15-29-24(26)21-10-12-22(13-11-21)28-18-20-8-6-5-7-9-20/h5-13,19,24H,14-18H2,1-4H3/t19-,24+/m1/s1. The highest BCUT2D eigenvalue weighted by atomic mass is 32.2. The van der Waals surface area contributed by atoms with Crippen LogP contribution < -0.4 is 4.74 Å². The van der Waals surface area contributed by atoms with Crippen LogP contribution >= 0.6 is 11.8 Å². The van der Waals surface area contributed by atoms with E-state index < -0.39 is 0 Å². The third kappa shape index (κ3) is 6.53. The summed E-state index contributed by atoms with van der Waals surface area (Å²) in [5.41, 5.74) is 2.59. The Morgan fingerprint density at radius 1 is 1.14 bits per heavy atom. The smallest absolute Gasteiger partial charge is 0.224 e. The summed E-state index contributed by atoms with van der Waals surface area (Å²) in [7, 11) is 0. The van der Waals surface area contributed by atoms with Crippen molar-refractivity contribution in [2.45, 2.75) is 52.5 Å². The topological polar surface area (TPSA) is 29.5 Å². The molecule has 0 unspecified atom stereocenters. The third-order valence-electron chi connectivity index (χ3n) is 5.11. The maximum Gasteiger partial charge on any atom is 0.224 e. The number of thioether (sulfide) groups is 1. The average molecular weight is 412 g/mol. The number of carbonyl (C=O) groups excluding carboxylic acids is 1. The summed E-state index contributed by atoms with van der Waals surface area (Å²) in [5, 5.41) is 0.118. The van der Waals surface area contributed by atoms with Gasteiger partial charge in [0, 0.05) is 18.7 Å². The van der Waals surface area contributed by atoms with Gasteiger partial charge < -0.3 is 9.64 Å². The summed E-state index contributed by atoms with van der Waals surface area (Å²) in [4.78, 5) is 15.0. The van der Waals surface area contributed by atoms with Crippen LogP contribution in [0.4, 0.5) is 0 Å². The van der Waals surface area contributed by atoms with Crippen molar-refractivity contribution in [3.8, 4) is 5.75 Å². The Morgan fingerprint density at radius 2 is 1.83 bits per heavy atom. The monoisotopic (exact) mass is 411 g/mol. The van der Waals surface area contributed by atoms with E-state index in [0.717, 1.165) is 30.0 Å². The zero-order valence-electron chi connectivity index (χ0n) is 18.1. The summed E-state index contributed by atoms with van der Waals surface area (Å²) in [6, 6.07) is 18.4. The summed E-state index contributed by atoms with van der Waals surface area (Å²) in [5.74, 6) is 2.54. The Hall–Kier alpha value is -1.94. The van der Waals surface area contributed by atoms with Crippen molar-refractivity contribution in [2.75, 3.05) is 12.3 Å². The average Bonchev–Trinajstić information content (AvgIpc) is 3.16. The Balaban J connectivity index is 1.58. The predicted octanol–water partition coefficient (Wildman–Crippen LogP) is 6.30. The lowest BCUT2D eigenvalue weighted by molar-refractivity contribution is -0.132. The number of hydrogen-bond donors (Lipinski definition) is 0. The van der Waals surface area contributed by atoms with Gasteiger partial charge in [-0.05, 0) is 41.0 Å². The van der Waals surface area contributed by atoms with Crippen molar-refractivity contribution in [1.82, 2.24) is 4.90 Å². The fourth-order valence-electron chi connectivity index (χ4n) is 4.00. The second-order valence-corrected chi connectivity index (χ2v) is 10.4. The first-order valence-corrected chi connectivity index (χ1v) is 11.5. The van der Waals surface area contributed by atoms with Gasteiger partial charge in [0.1, 0.15) is 17.7 Å². The lowest BCUT2D eigenvalue weighted by Crippen LogP contribution is -2.32. The van der Waals surface area contributed by atoms with Crippen LogP contribution in [0.25, 0.3) is 0 Å². The molecule has 156 valence electrons. The van der Waals surface area contributed by atoms with Crippen LogP contribution in [-0.2, 0) is 11.4 Å². The number of ether oxygens (including phenoxy) is 1. The summed E-state index contributed by atoms with van der Waals surface area (Å²) in [6.45, 7) is 10.3. The van der Waals surface area contributed by atoms with Gasteiger partial charge in [0.15, 0.2) is 0 Å². The first kappa shape index (κ1) is 21.8. The first-order chi connectivity index (χ1) is 13.8. The van der Waals surface area contributed by atoms with Crippen LogP contribution in [0, 0.1) is 11.3 Å². The highest BCUT2D eigenvalue weighted by Crippen LogP contribution is 2.39. The van der Waals surface area contributed by atoms with E-state index in [1.165, 1.54) is 5.56 Å². The molecule has 3 nitrogen and oxygen atoms in total. The van der Waals surface area contributed by atoms with Gasteiger partial charge >= 0.3 is 0 Å². The number of rotatable bonds is 7. The second-order valence-electron chi connectivity index (χ2n) is 9.23. The fourth-order valence-corrected chi connectivity index (χ4v) is 5.28. The highest BCUT2D eigenvalue weighted by molar-refractivity contribution is 7.99. The maximum absolute atomic E-state index is 12.9. The van der Waals surface area contributed by atoms with Crippen LogP contribution in [0.5, 0.6) is 5.75 Å². The van der Waals surface area contributed by atoms with Crippen LogP contribution in [-0.4, -0.2) is 23.1 Å². The molecule has 0 N–H and O–H groups in total. The van der Waals surface area contributed by atoms with E-state index in [9.17, 15) is 4.79 Å². The van der Waals surface area contributed by atoms with E-state index in [0.29, 0.717) is 18.9 Å². The molecule has 1 saturated heterocycles. The number of carbonyl (C=O) groups is 1. The lowest BCUT2D eigenvalue weighted by Gasteiger charge is -2.28. The van der Waals surface area contributed by atoms with Crippen LogP contribution in [0.3, 0.4) is 0 Å². The van der Waals surface area contributed by atoms with E-state index in [1.54, 1.807) is 0 Å². The fraction of sp³-hybridized carbons (Fsp3) is 0.480. The Kier molecular flexibility index (Phi) is 7.28. The summed E-state index contributed by atoms with van der Waals surface area (Å²) in [6.07, 6.45) is 1.70. The van der Waals surface area contributed by atoms with Gasteiger partial charge in [-0.1, -0.05) is 70.2 Å². The molecule has 1 aliphatic rings. The van der Waals surface area contributed by atoms with Crippen LogP contribution in [0.2, 0.25) is 0 Å². The Bertz CT molecular complexity index is 783. The van der Waals surface area contributed by atoms with Crippen LogP contribution in [0.1, 0.15) is 57.0 Å². The first-order valence-electron chi connectivity index (χ1n) is 10.5. The molecule has 0 aromatic heterocycles. The van der Waals surface area contributed by atoms with Crippen molar-refractivity contribution in [3.63, 3.8) is 0 Å². The van der Waals surface area contributed by atoms with Gasteiger partial charge in [0.05, 0.1) is 0 Å². The number of nitrogens with zero attached hydrogens (tertiary/aromatic N) is 1. The van der Waals surface area contributed by atoms with Gasteiger partial charge in [-0.15, -0.1) is 11.8 Å². The molecule has 0 bridgehead atoms. The molecule has 1 heterocycles. The van der Waals surface area contributed by atoms with Crippen LogP contribution in [0.15, 0.2) is 54.6 Å². The van der Waals surface area contributed by atoms with Crippen molar-refractivity contribution < 1.29 is 9.53 Å². The molecule has 2 aromatic rings. The SMILES string of the molecule is C[C@H](CC(=O)N1CCS[C@H]1c1ccc(OCc2ccccc2)cc1)CC(C)(C)C. The molecule has 29 heavy (non-hydrogen) atoms. The van der Waals surface area contributed by atoms with Gasteiger partial charge in [0.25, 0.3) is 0 Å². The van der Waals surface area contributed by atoms with Gasteiger partial charge in [-0.2, -0.15) is 0 Å². The largest absolute Gasteiger partial charge is 0.489 e. The second kappa shape index (κ2) is 9.71. The summed E-state index contributed by atoms with van der Waals surface area (Å²) >= 11 is 1.85. The molecule has 0 spiro atoms. The lowest BCUT2D eigenvalue weighted by atomic mass is 9.84. The molecule has 1 amide bonds. The minimum Gasteiger partial charge on any atom is -0.489 e. The third-order valence-corrected chi connectivity index (χ3v) is 6.37. The molecule has 2 aromatic carbocycles. The van der Waals surface area contributed by atoms with Crippen molar-refractivity contribution in [3.05, 3.63) is 65.7 Å². The van der Waals surface area contributed by atoms with E-state index >= 15 is 0 Å². The molecule has 4 heteroatoms. The van der Waals surface area contributed by atoms with Gasteiger partial charge in [-0.25, -0.2) is 0 Å². The molecule has 0 radical (unpaired) electrons. The number of hydrogen-bond acceptors (Lipinski definition) is 3. The molecule has 0 saturated carbocycles. The Morgan fingerprint density at radius 3 is 2.48 bits per heavy atom. The van der Waals surface area contributed by atoms with E-state index in [1.807, 2.05) is 42.1 Å². The number of benzene rings is 2. The predicted molar refractivity (Wildman–Crippen MR) is 122 cm³/mol. The highest BCUT2D eigenvalue weighted by Gasteiger charge is 2.31. The molecule has 2 atom stereocenters. The van der Waals surface area contributed by atoms with Crippen molar-refractivity contribution >= 4 is 17.7 Å². The quantitative estimate of drug-likeness (QED) is 0.535. The Labute approximate surface area is 179 Å². The van der Waals surface area contributed by atoms with Gasteiger partial charge in [0.2, 0.25) is 5.91 Å². The minimum absolute atomic E-state index is 0.118. The molecular formula is C25H33NO2S. The molecule has 3 rings (SSSR count). The molecule has 1 fully saturated rings. The van der Waals surface area contributed by atoms with Crippen molar-refractivity contribution in [2.24, 2.45) is 11.3 Å². The maximum atomic E-state index is 12.9.